The van der Waals surface area contributed by atoms with Gasteiger partial charge in [-0.3, -0.25) is 4.79 Å². The summed E-state index contributed by atoms with van der Waals surface area (Å²) in [6.07, 6.45) is 0. The van der Waals surface area contributed by atoms with Gasteiger partial charge < -0.3 is 4.90 Å². The maximum absolute atomic E-state index is 13.0. The van der Waals surface area contributed by atoms with E-state index < -0.39 is 0 Å². The Morgan fingerprint density at radius 1 is 1.25 bits per heavy atom. The average Bonchev–Trinajstić information content (AvgIpc) is 3.07. The first-order valence-electron chi connectivity index (χ1n) is 9.24. The largest absolute Gasteiger partial charge is 0.335 e. The molecule has 0 atom stereocenters. The van der Waals surface area contributed by atoms with Crippen LogP contribution in [0.15, 0.2) is 47.6 Å². The molecule has 0 N–H and O–H groups in total. The number of likely N-dealkylation sites (N-methyl/N-ethyl adjacent to an activating group) is 1. The predicted molar refractivity (Wildman–Crippen MR) is 113 cm³/mol. The summed E-state index contributed by atoms with van der Waals surface area (Å²) < 4.78 is 1.75. The van der Waals surface area contributed by atoms with E-state index in [1.807, 2.05) is 62.9 Å². The van der Waals surface area contributed by atoms with Gasteiger partial charge in [-0.15, -0.1) is 5.10 Å². The highest BCUT2D eigenvalue weighted by Crippen LogP contribution is 2.23. The molecule has 0 fully saturated rings. The van der Waals surface area contributed by atoms with Crippen molar-refractivity contribution in [1.29, 1.82) is 0 Å². The molecule has 0 saturated heterocycles. The van der Waals surface area contributed by atoms with E-state index in [-0.39, 0.29) is 5.91 Å². The van der Waals surface area contributed by atoms with E-state index >= 15 is 0 Å². The topological polar surface area (TPSA) is 63.4 Å². The van der Waals surface area contributed by atoms with Gasteiger partial charge in [-0.25, -0.2) is 9.50 Å². The summed E-state index contributed by atoms with van der Waals surface area (Å²) in [7, 11) is 0. The smallest absolute Gasteiger partial charge is 0.254 e. The molecule has 0 saturated carbocycles. The lowest BCUT2D eigenvalue weighted by atomic mass is 10.1. The van der Waals surface area contributed by atoms with Crippen molar-refractivity contribution < 1.29 is 4.79 Å². The Morgan fingerprint density at radius 2 is 2.00 bits per heavy atom. The number of fused-ring (bicyclic) bond motifs is 1. The number of benzene rings is 1. The summed E-state index contributed by atoms with van der Waals surface area (Å²) in [5.74, 6) is 1.24. The number of carbonyl (C=O) groups excluding carboxylic acids is 1. The first-order chi connectivity index (χ1) is 13.4. The minimum absolute atomic E-state index is 0.0257. The molecule has 0 unspecified atom stereocenters. The van der Waals surface area contributed by atoms with Crippen LogP contribution in [0.2, 0.25) is 0 Å². The van der Waals surface area contributed by atoms with Crippen molar-refractivity contribution in [3.05, 3.63) is 65.0 Å². The fraction of sp³-hybridized carbons (Fsp3) is 0.333. The van der Waals surface area contributed by atoms with Crippen LogP contribution in [0, 0.1) is 13.8 Å². The van der Waals surface area contributed by atoms with Crippen LogP contribution in [0.4, 0.5) is 0 Å². The first-order valence-corrected chi connectivity index (χ1v) is 10.2. The minimum atomic E-state index is 0.0257. The standard InChI is InChI=1S/C21H25N5OS/c1-6-25(12-14(2)3)19(27)18-10-8-7-9-17(18)13-28-21-23-20-22-15(4)11-16(5)26(20)24-21/h7-11H,2,6,12-13H2,1,3-5H3. The molecule has 0 aliphatic carbocycles. The van der Waals surface area contributed by atoms with Crippen LogP contribution in [0.25, 0.3) is 5.78 Å². The van der Waals surface area contributed by atoms with Gasteiger partial charge in [0.15, 0.2) is 0 Å². The van der Waals surface area contributed by atoms with Gasteiger partial charge in [0.25, 0.3) is 11.7 Å². The van der Waals surface area contributed by atoms with E-state index in [0.29, 0.717) is 35.3 Å². The molecule has 7 heteroatoms. The Labute approximate surface area is 169 Å². The zero-order valence-corrected chi connectivity index (χ0v) is 17.6. The lowest BCUT2D eigenvalue weighted by Gasteiger charge is -2.22. The summed E-state index contributed by atoms with van der Waals surface area (Å²) >= 11 is 1.51. The minimum Gasteiger partial charge on any atom is -0.335 e. The maximum Gasteiger partial charge on any atom is 0.254 e. The Kier molecular flexibility index (Phi) is 6.14. The fourth-order valence-electron chi connectivity index (χ4n) is 3.03. The van der Waals surface area contributed by atoms with Gasteiger partial charge in [0.1, 0.15) is 0 Å². The third kappa shape index (κ3) is 4.42. The zero-order valence-electron chi connectivity index (χ0n) is 16.8. The number of aryl methyl sites for hydroxylation is 2. The second-order valence-electron chi connectivity index (χ2n) is 6.87. The van der Waals surface area contributed by atoms with Crippen LogP contribution in [-0.2, 0) is 5.75 Å². The Balaban J connectivity index is 1.81. The maximum atomic E-state index is 13.0. The van der Waals surface area contributed by atoms with Crippen LogP contribution >= 0.6 is 11.8 Å². The second kappa shape index (κ2) is 8.56. The van der Waals surface area contributed by atoms with Gasteiger partial charge >= 0.3 is 0 Å². The van der Waals surface area contributed by atoms with Crippen LogP contribution in [0.5, 0.6) is 0 Å². The SMILES string of the molecule is C=C(C)CN(CC)C(=O)c1ccccc1CSc1nc2nc(C)cc(C)n2n1. The Morgan fingerprint density at radius 3 is 2.71 bits per heavy atom. The molecule has 3 aromatic rings. The molecule has 0 aliphatic rings. The Bertz CT molecular complexity index is 1030. The lowest BCUT2D eigenvalue weighted by Crippen LogP contribution is -2.32. The first kappa shape index (κ1) is 20.1. The van der Waals surface area contributed by atoms with Gasteiger partial charge in [0.2, 0.25) is 5.16 Å². The molecule has 28 heavy (non-hydrogen) atoms. The van der Waals surface area contributed by atoms with Crippen LogP contribution in [0.1, 0.15) is 41.2 Å². The number of hydrogen-bond acceptors (Lipinski definition) is 5. The summed E-state index contributed by atoms with van der Waals surface area (Å²) in [5, 5.41) is 5.18. The van der Waals surface area contributed by atoms with Gasteiger partial charge in [-0.1, -0.05) is 42.1 Å². The second-order valence-corrected chi connectivity index (χ2v) is 7.81. The van der Waals surface area contributed by atoms with Crippen molar-refractivity contribution in [2.75, 3.05) is 13.1 Å². The molecule has 0 aliphatic heterocycles. The third-order valence-electron chi connectivity index (χ3n) is 4.33. The lowest BCUT2D eigenvalue weighted by molar-refractivity contribution is 0.0777. The molecule has 1 amide bonds. The van der Waals surface area contributed by atoms with Crippen LogP contribution < -0.4 is 0 Å². The predicted octanol–water partition coefficient (Wildman–Crippen LogP) is 4.07. The number of aromatic nitrogens is 4. The molecule has 0 spiro atoms. The fourth-order valence-corrected chi connectivity index (χ4v) is 3.85. The molecule has 0 bridgehead atoms. The van der Waals surface area contributed by atoms with Crippen molar-refractivity contribution in [1.82, 2.24) is 24.5 Å². The number of rotatable bonds is 7. The molecule has 2 heterocycles. The number of hydrogen-bond donors (Lipinski definition) is 0. The molecule has 6 nitrogen and oxygen atoms in total. The summed E-state index contributed by atoms with van der Waals surface area (Å²) in [6, 6.07) is 9.69. The van der Waals surface area contributed by atoms with Crippen molar-refractivity contribution >= 4 is 23.4 Å². The van der Waals surface area contributed by atoms with E-state index in [0.717, 1.165) is 22.5 Å². The summed E-state index contributed by atoms with van der Waals surface area (Å²) in [5.41, 5.74) is 4.57. The van der Waals surface area contributed by atoms with Crippen molar-refractivity contribution in [3.63, 3.8) is 0 Å². The van der Waals surface area contributed by atoms with E-state index in [1.54, 1.807) is 4.52 Å². The van der Waals surface area contributed by atoms with Crippen LogP contribution in [-0.4, -0.2) is 43.5 Å². The zero-order chi connectivity index (χ0) is 20.3. The normalized spacial score (nSPS) is 11.0. The van der Waals surface area contributed by atoms with Gasteiger partial charge in [0.05, 0.1) is 0 Å². The molecule has 1 aromatic carbocycles. The molecule has 146 valence electrons. The molecular weight excluding hydrogens is 370 g/mol. The van der Waals surface area contributed by atoms with Gasteiger partial charge in [-0.2, -0.15) is 4.98 Å². The monoisotopic (exact) mass is 395 g/mol. The highest BCUT2D eigenvalue weighted by molar-refractivity contribution is 7.98. The summed E-state index contributed by atoms with van der Waals surface area (Å²) in [6.45, 7) is 13.0. The summed E-state index contributed by atoms with van der Waals surface area (Å²) in [4.78, 5) is 23.7. The Hall–Kier alpha value is -2.67. The van der Waals surface area contributed by atoms with Crippen molar-refractivity contribution in [3.8, 4) is 0 Å². The third-order valence-corrected chi connectivity index (χ3v) is 5.22. The molecule has 0 radical (unpaired) electrons. The molecule has 3 rings (SSSR count). The molecule has 2 aromatic heterocycles. The van der Waals surface area contributed by atoms with E-state index in [9.17, 15) is 4.79 Å². The number of carbonyl (C=O) groups is 1. The van der Waals surface area contributed by atoms with E-state index in [1.165, 1.54) is 11.8 Å². The van der Waals surface area contributed by atoms with Gasteiger partial charge in [-0.05, 0) is 45.4 Å². The van der Waals surface area contributed by atoms with Crippen molar-refractivity contribution in [2.24, 2.45) is 0 Å². The number of amides is 1. The van der Waals surface area contributed by atoms with Crippen LogP contribution in [0.3, 0.4) is 0 Å². The quantitative estimate of drug-likeness (QED) is 0.446. The van der Waals surface area contributed by atoms with E-state index in [2.05, 4.69) is 21.6 Å². The average molecular weight is 396 g/mol. The van der Waals surface area contributed by atoms with Gasteiger partial charge in [0, 0.05) is 35.8 Å². The number of nitrogens with zero attached hydrogens (tertiary/aromatic N) is 5. The molecular formula is C21H25N5OS. The number of thioether (sulfide) groups is 1. The highest BCUT2D eigenvalue weighted by atomic mass is 32.2. The van der Waals surface area contributed by atoms with Crippen molar-refractivity contribution in [2.45, 2.75) is 38.6 Å². The van der Waals surface area contributed by atoms with E-state index in [4.69, 9.17) is 0 Å². The highest BCUT2D eigenvalue weighted by Gasteiger charge is 2.18.